The smallest absolute Gasteiger partial charge is 0.255 e. The van der Waals surface area contributed by atoms with Crippen LogP contribution in [0.3, 0.4) is 0 Å². The molecule has 3 aromatic rings. The standard InChI is InChI=1S/C29H30N4O5S/c1-18-8-6-7-11-21(18)16-33-28(38)25-29(33,2)39-17-32(25)27(37)24(35)22(14-19-9-4-3-5-10-19)31-26(36)20-12-13-23(34)30-15-20/h3-13,15,22,24-25,35H,14,16-17H2,1-2H3,(H,30,34)(H,31,36)/t22-,24-,25?,29-/m0/s1. The van der Waals surface area contributed by atoms with Crippen molar-refractivity contribution in [3.05, 3.63) is 106 Å². The van der Waals surface area contributed by atoms with Gasteiger partial charge in [0.2, 0.25) is 11.5 Å². The quantitative estimate of drug-likeness (QED) is 0.372. The van der Waals surface area contributed by atoms with Crippen molar-refractivity contribution in [2.75, 3.05) is 5.88 Å². The molecule has 39 heavy (non-hydrogen) atoms. The number of aliphatic hydroxyl groups excluding tert-OH is 1. The molecule has 5 rings (SSSR count). The van der Waals surface area contributed by atoms with Crippen molar-refractivity contribution in [2.24, 2.45) is 0 Å². The molecule has 3 heterocycles. The maximum absolute atomic E-state index is 13.6. The van der Waals surface area contributed by atoms with Crippen molar-refractivity contribution >= 4 is 29.5 Å². The Labute approximate surface area is 230 Å². The number of rotatable bonds is 8. The Morgan fingerprint density at radius 2 is 1.82 bits per heavy atom. The van der Waals surface area contributed by atoms with Crippen LogP contribution in [0.25, 0.3) is 0 Å². The number of aromatic nitrogens is 1. The van der Waals surface area contributed by atoms with E-state index in [0.717, 1.165) is 16.7 Å². The van der Waals surface area contributed by atoms with Gasteiger partial charge in [-0.15, -0.1) is 11.8 Å². The van der Waals surface area contributed by atoms with E-state index in [1.165, 1.54) is 35.0 Å². The molecule has 0 radical (unpaired) electrons. The molecule has 0 spiro atoms. The Balaban J connectivity index is 1.34. The number of thioether (sulfide) groups is 1. The van der Waals surface area contributed by atoms with E-state index in [-0.39, 0.29) is 29.3 Å². The molecule has 2 fully saturated rings. The summed E-state index contributed by atoms with van der Waals surface area (Å²) in [6.45, 7) is 4.39. The van der Waals surface area contributed by atoms with Crippen molar-refractivity contribution in [1.82, 2.24) is 20.1 Å². The maximum Gasteiger partial charge on any atom is 0.255 e. The van der Waals surface area contributed by atoms with Crippen LogP contribution in [-0.4, -0.2) is 66.5 Å². The number of amides is 3. The van der Waals surface area contributed by atoms with Crippen LogP contribution in [0, 0.1) is 6.92 Å². The van der Waals surface area contributed by atoms with Crippen molar-refractivity contribution in [2.45, 2.75) is 49.9 Å². The van der Waals surface area contributed by atoms with Crippen molar-refractivity contribution in [1.29, 1.82) is 0 Å². The number of hydrogen-bond donors (Lipinski definition) is 3. The molecule has 2 saturated heterocycles. The lowest BCUT2D eigenvalue weighted by Crippen LogP contribution is -2.73. The van der Waals surface area contributed by atoms with Gasteiger partial charge >= 0.3 is 0 Å². The van der Waals surface area contributed by atoms with Crippen molar-refractivity contribution in [3.8, 4) is 0 Å². The van der Waals surface area contributed by atoms with Crippen LogP contribution in [0.2, 0.25) is 0 Å². The number of aromatic amines is 1. The van der Waals surface area contributed by atoms with E-state index in [1.807, 2.05) is 68.4 Å². The van der Waals surface area contributed by atoms with Gasteiger partial charge in [-0.3, -0.25) is 19.2 Å². The number of likely N-dealkylation sites (tertiary alicyclic amines) is 1. The van der Waals surface area contributed by atoms with Crippen molar-refractivity contribution < 1.29 is 19.5 Å². The number of nitrogens with one attached hydrogen (secondary N) is 2. The zero-order valence-corrected chi connectivity index (χ0v) is 22.5. The van der Waals surface area contributed by atoms with Crippen LogP contribution in [0.1, 0.15) is 34.0 Å². The highest BCUT2D eigenvalue weighted by atomic mass is 32.2. The Hall–Kier alpha value is -3.89. The van der Waals surface area contributed by atoms with Crippen LogP contribution in [0.4, 0.5) is 0 Å². The number of H-pyrrole nitrogens is 1. The Bertz CT molecular complexity index is 1440. The highest BCUT2D eigenvalue weighted by Gasteiger charge is 2.65. The summed E-state index contributed by atoms with van der Waals surface area (Å²) in [7, 11) is 0. The number of carbonyl (C=O) groups is 3. The van der Waals surface area contributed by atoms with Crippen molar-refractivity contribution in [3.63, 3.8) is 0 Å². The Morgan fingerprint density at radius 1 is 1.10 bits per heavy atom. The first kappa shape index (κ1) is 26.7. The van der Waals surface area contributed by atoms with E-state index in [4.69, 9.17) is 0 Å². The largest absolute Gasteiger partial charge is 0.381 e. The number of hydrogen-bond acceptors (Lipinski definition) is 6. The van der Waals surface area contributed by atoms with E-state index in [2.05, 4.69) is 10.3 Å². The number of nitrogens with zero attached hydrogens (tertiary/aromatic N) is 2. The fourth-order valence-corrected chi connectivity index (χ4v) is 6.54. The summed E-state index contributed by atoms with van der Waals surface area (Å²) < 4.78 is 0. The highest BCUT2D eigenvalue weighted by molar-refractivity contribution is 8.01. The zero-order valence-electron chi connectivity index (χ0n) is 21.7. The first-order valence-electron chi connectivity index (χ1n) is 12.7. The topological polar surface area (TPSA) is 123 Å². The molecule has 3 amide bonds. The first-order valence-corrected chi connectivity index (χ1v) is 13.7. The zero-order chi connectivity index (χ0) is 27.7. The summed E-state index contributed by atoms with van der Waals surface area (Å²) in [5.41, 5.74) is 2.80. The third-order valence-electron chi connectivity index (χ3n) is 7.52. The second-order valence-electron chi connectivity index (χ2n) is 10.0. The molecule has 0 bridgehead atoms. The van der Waals surface area contributed by atoms with Crippen LogP contribution < -0.4 is 10.9 Å². The summed E-state index contributed by atoms with van der Waals surface area (Å²) in [5.74, 6) is -1.06. The van der Waals surface area contributed by atoms with Gasteiger partial charge < -0.3 is 25.2 Å². The predicted molar refractivity (Wildman–Crippen MR) is 148 cm³/mol. The second-order valence-corrected chi connectivity index (χ2v) is 11.4. The van der Waals surface area contributed by atoms with Crippen LogP contribution >= 0.6 is 11.8 Å². The fraction of sp³-hybridized carbons (Fsp3) is 0.310. The van der Waals surface area contributed by atoms with E-state index >= 15 is 0 Å². The normalized spacial score (nSPS) is 21.6. The Kier molecular flexibility index (Phi) is 7.33. The van der Waals surface area contributed by atoms with Crippen LogP contribution in [0.5, 0.6) is 0 Å². The molecule has 9 nitrogen and oxygen atoms in total. The number of aliphatic hydroxyl groups is 1. The summed E-state index contributed by atoms with van der Waals surface area (Å²) >= 11 is 1.49. The van der Waals surface area contributed by atoms with Gasteiger partial charge in [-0.2, -0.15) is 0 Å². The maximum atomic E-state index is 13.6. The molecule has 202 valence electrons. The molecule has 10 heteroatoms. The molecular formula is C29H30N4O5S. The average molecular weight is 547 g/mol. The summed E-state index contributed by atoms with van der Waals surface area (Å²) in [4.78, 5) is 56.3. The highest BCUT2D eigenvalue weighted by Crippen LogP contribution is 2.51. The van der Waals surface area contributed by atoms with Crippen LogP contribution in [-0.2, 0) is 22.6 Å². The number of fused-ring (bicyclic) bond motifs is 1. The summed E-state index contributed by atoms with van der Waals surface area (Å²) in [6, 6.07) is 18.1. The third-order valence-corrected chi connectivity index (χ3v) is 8.95. The molecule has 2 aliphatic heterocycles. The molecule has 4 atom stereocenters. The molecule has 2 aromatic carbocycles. The van der Waals surface area contributed by atoms with E-state index in [1.54, 1.807) is 4.90 Å². The number of aryl methyl sites for hydroxylation is 1. The van der Waals surface area contributed by atoms with Gasteiger partial charge in [0, 0.05) is 18.8 Å². The fourth-order valence-electron chi connectivity index (χ4n) is 5.17. The number of carbonyl (C=O) groups excluding carboxylic acids is 3. The minimum absolute atomic E-state index is 0.164. The number of pyridine rings is 1. The van der Waals surface area contributed by atoms with Gasteiger partial charge in [-0.05, 0) is 43.0 Å². The van der Waals surface area contributed by atoms with Gasteiger partial charge in [-0.25, -0.2) is 0 Å². The second kappa shape index (κ2) is 10.7. The third kappa shape index (κ3) is 5.09. The van der Waals surface area contributed by atoms with Gasteiger partial charge in [0.1, 0.15) is 10.9 Å². The van der Waals surface area contributed by atoms with E-state index in [9.17, 15) is 24.3 Å². The monoisotopic (exact) mass is 546 g/mol. The predicted octanol–water partition coefficient (Wildman–Crippen LogP) is 2.05. The number of benzene rings is 2. The van der Waals surface area contributed by atoms with Gasteiger partial charge in [0.25, 0.3) is 11.8 Å². The average Bonchev–Trinajstić information content (AvgIpc) is 3.25. The first-order chi connectivity index (χ1) is 18.7. The lowest BCUT2D eigenvalue weighted by Gasteiger charge is -2.53. The molecule has 3 N–H and O–H groups in total. The lowest BCUT2D eigenvalue weighted by atomic mass is 9.91. The van der Waals surface area contributed by atoms with Gasteiger partial charge in [0.05, 0.1) is 17.5 Å². The number of β-lactam (4-membered cyclic amide) rings is 1. The summed E-state index contributed by atoms with van der Waals surface area (Å²) in [5, 5.41) is 14.0. The molecular weight excluding hydrogens is 516 g/mol. The van der Waals surface area contributed by atoms with E-state index < -0.39 is 34.9 Å². The molecule has 2 aliphatic rings. The SMILES string of the molecule is Cc1ccccc1CN1C(=O)C2N(C(=O)[C@@H](O)[C@H](Cc3ccccc3)NC(=O)c3ccc(=O)[nH]c3)CS[C@@]21C. The lowest BCUT2D eigenvalue weighted by molar-refractivity contribution is -0.168. The van der Waals surface area contributed by atoms with Gasteiger partial charge in [-0.1, -0.05) is 54.6 Å². The van der Waals surface area contributed by atoms with Crippen LogP contribution in [0.15, 0.2) is 77.7 Å². The molecule has 1 unspecified atom stereocenters. The molecule has 0 saturated carbocycles. The summed E-state index contributed by atoms with van der Waals surface area (Å²) in [6.07, 6.45) is -0.110. The minimum atomic E-state index is -1.59. The minimum Gasteiger partial charge on any atom is -0.381 e. The Morgan fingerprint density at radius 3 is 2.51 bits per heavy atom. The molecule has 1 aromatic heterocycles. The van der Waals surface area contributed by atoms with E-state index in [0.29, 0.717) is 6.54 Å². The molecule has 0 aliphatic carbocycles. The van der Waals surface area contributed by atoms with Gasteiger partial charge in [0.15, 0.2) is 6.10 Å².